The number of H-pyrrole nitrogens is 2. The van der Waals surface area contributed by atoms with Crippen LogP contribution in [-0.2, 0) is 20.9 Å². The fraction of sp³-hybridized carbons (Fsp3) is 0.425. The summed E-state index contributed by atoms with van der Waals surface area (Å²) < 4.78 is 16.5. The monoisotopic (exact) mass is 735 g/mol. The first-order valence-electron chi connectivity index (χ1n) is 18.5. The molecule has 0 aliphatic carbocycles. The summed E-state index contributed by atoms with van der Waals surface area (Å²) in [4.78, 5) is 57.8. The molecule has 14 heteroatoms. The first-order valence-corrected chi connectivity index (χ1v) is 18.5. The highest BCUT2D eigenvalue weighted by molar-refractivity contribution is 6.07. The Labute approximate surface area is 312 Å². The Balaban J connectivity index is 1.07. The van der Waals surface area contributed by atoms with Crippen molar-refractivity contribution < 1.29 is 33.7 Å². The number of imidazole rings is 2. The number of alkyl carbamates (subject to hydrolysis) is 1. The summed E-state index contributed by atoms with van der Waals surface area (Å²) in [6.07, 6.45) is 2.39. The number of aromatic amines is 2. The van der Waals surface area contributed by atoms with Gasteiger partial charge in [-0.15, -0.1) is 0 Å². The molecule has 14 nitrogen and oxygen atoms in total. The molecule has 0 saturated carbocycles. The zero-order valence-electron chi connectivity index (χ0n) is 31.0. The van der Waals surface area contributed by atoms with Crippen LogP contribution in [0.4, 0.5) is 9.59 Å². The van der Waals surface area contributed by atoms with Crippen molar-refractivity contribution in [2.45, 2.75) is 70.8 Å². The Bertz CT molecular complexity index is 2260. The van der Waals surface area contributed by atoms with Gasteiger partial charge in [0.15, 0.2) is 0 Å². The Morgan fingerprint density at radius 2 is 1.87 bits per heavy atom. The summed E-state index contributed by atoms with van der Waals surface area (Å²) in [5, 5.41) is 14.6. The van der Waals surface area contributed by atoms with Gasteiger partial charge in [0.25, 0.3) is 0 Å². The van der Waals surface area contributed by atoms with E-state index in [1.807, 2.05) is 31.7 Å². The maximum Gasteiger partial charge on any atom is 0.407 e. The SMILES string of the molecule is COC[C@H]1C[C@@H](c2ncc(-c3ccc4c(c3)COc3cc5c(ccc6nc([C@@H]7CC[C@H](C)N7C(=O)[C@H](NC(=O)OC)C(C)C)[nH]c65)cc3-4)[nH]2)N(C(=O)O)C1. The largest absolute Gasteiger partial charge is 0.488 e. The molecule has 54 heavy (non-hydrogen) atoms. The van der Waals surface area contributed by atoms with Gasteiger partial charge in [0.1, 0.15) is 30.0 Å². The maximum atomic E-state index is 13.9. The van der Waals surface area contributed by atoms with Crippen LogP contribution in [0.15, 0.2) is 48.7 Å². The predicted octanol–water partition coefficient (Wildman–Crippen LogP) is 6.79. The maximum absolute atomic E-state index is 13.9. The number of hydrogen-bond acceptors (Lipinski definition) is 8. The Hall–Kier alpha value is -5.63. The van der Waals surface area contributed by atoms with E-state index < -0.39 is 18.2 Å². The van der Waals surface area contributed by atoms with Crippen molar-refractivity contribution in [2.75, 3.05) is 27.4 Å². The standard InChI is InChI=1S/C40H45N7O7/c1-20(2)34(45-39(49)53-5)38(48)47-21(3)6-11-31(47)37-42-29-10-8-23-14-28-26-9-7-24(13-25(26)19-54-33(28)15-27(23)35(29)44-37)30-16-41-36(43-30)32-12-22(18-52-4)17-46(32)40(50)51/h7-10,13-16,20-22,31-32,34H,6,11-12,17-19H2,1-5H3,(H,41,43)(H,42,44)(H,45,49)(H,50,51)/t21-,22-,31-,32-,34+/m0/s1. The first-order chi connectivity index (χ1) is 26.0. The number of carboxylic acid groups (broad SMARTS) is 1. The van der Waals surface area contributed by atoms with Crippen molar-refractivity contribution in [1.82, 2.24) is 35.1 Å². The Kier molecular flexibility index (Phi) is 9.16. The summed E-state index contributed by atoms with van der Waals surface area (Å²) in [5.74, 6) is 1.95. The summed E-state index contributed by atoms with van der Waals surface area (Å²) in [6, 6.07) is 13.2. The second-order valence-electron chi connectivity index (χ2n) is 15.0. The first kappa shape index (κ1) is 35.4. The average molecular weight is 736 g/mol. The van der Waals surface area contributed by atoms with Gasteiger partial charge in [-0.2, -0.15) is 0 Å². The van der Waals surface area contributed by atoms with E-state index in [4.69, 9.17) is 19.2 Å². The predicted molar refractivity (Wildman–Crippen MR) is 201 cm³/mol. The van der Waals surface area contributed by atoms with E-state index in [2.05, 4.69) is 56.7 Å². The minimum Gasteiger partial charge on any atom is -0.488 e. The van der Waals surface area contributed by atoms with Crippen molar-refractivity contribution in [3.05, 3.63) is 65.9 Å². The highest BCUT2D eigenvalue weighted by atomic mass is 16.5. The van der Waals surface area contributed by atoms with E-state index in [1.54, 1.807) is 13.3 Å². The van der Waals surface area contributed by atoms with Gasteiger partial charge in [-0.25, -0.2) is 19.6 Å². The molecule has 2 fully saturated rings. The number of benzene rings is 3. The average Bonchev–Trinajstić information content (AvgIpc) is 3.98. The third-order valence-electron chi connectivity index (χ3n) is 11.3. The van der Waals surface area contributed by atoms with Gasteiger partial charge < -0.3 is 39.5 Å². The number of carbonyl (C=O) groups excluding carboxylic acids is 2. The van der Waals surface area contributed by atoms with E-state index in [9.17, 15) is 19.5 Å². The van der Waals surface area contributed by atoms with E-state index in [1.165, 1.54) is 12.0 Å². The molecular formula is C40H45N7O7. The molecule has 4 N–H and O–H groups in total. The number of hydrogen-bond donors (Lipinski definition) is 4. The van der Waals surface area contributed by atoms with E-state index in [0.717, 1.165) is 68.3 Å². The molecule has 0 bridgehead atoms. The normalized spacial score (nSPS) is 21.3. The van der Waals surface area contributed by atoms with Gasteiger partial charge in [0, 0.05) is 36.6 Å². The number of methoxy groups -OCH3 is 2. The third-order valence-corrected chi connectivity index (χ3v) is 11.3. The molecular weight excluding hydrogens is 690 g/mol. The molecule has 0 radical (unpaired) electrons. The van der Waals surface area contributed by atoms with Gasteiger partial charge in [0.05, 0.1) is 48.7 Å². The molecule has 5 aromatic rings. The Morgan fingerprint density at radius 3 is 2.63 bits per heavy atom. The van der Waals surface area contributed by atoms with Crippen LogP contribution < -0.4 is 10.1 Å². The number of amides is 3. The molecule has 3 aromatic carbocycles. The van der Waals surface area contributed by atoms with Gasteiger partial charge in [-0.1, -0.05) is 32.0 Å². The molecule has 2 saturated heterocycles. The van der Waals surface area contributed by atoms with Crippen molar-refractivity contribution in [1.29, 1.82) is 0 Å². The highest BCUT2D eigenvalue weighted by Crippen LogP contribution is 2.44. The highest BCUT2D eigenvalue weighted by Gasteiger charge is 2.42. The molecule has 3 aliphatic heterocycles. The van der Waals surface area contributed by atoms with Crippen LogP contribution in [0, 0.1) is 11.8 Å². The lowest BCUT2D eigenvalue weighted by Gasteiger charge is -2.32. The van der Waals surface area contributed by atoms with E-state index >= 15 is 0 Å². The van der Waals surface area contributed by atoms with Crippen LogP contribution in [0.5, 0.6) is 5.75 Å². The lowest BCUT2D eigenvalue weighted by molar-refractivity contribution is -0.137. The minimum absolute atomic E-state index is 0.0204. The summed E-state index contributed by atoms with van der Waals surface area (Å²) in [7, 11) is 2.92. The molecule has 5 atom stereocenters. The minimum atomic E-state index is -0.962. The Morgan fingerprint density at radius 1 is 1.04 bits per heavy atom. The molecule has 282 valence electrons. The third kappa shape index (κ3) is 6.17. The van der Waals surface area contributed by atoms with Crippen LogP contribution in [0.25, 0.3) is 44.2 Å². The van der Waals surface area contributed by atoms with Gasteiger partial charge in [-0.3, -0.25) is 9.69 Å². The quantitative estimate of drug-likeness (QED) is 0.134. The van der Waals surface area contributed by atoms with Crippen LogP contribution in [0.1, 0.15) is 69.3 Å². The van der Waals surface area contributed by atoms with Crippen molar-refractivity contribution >= 4 is 39.9 Å². The number of rotatable bonds is 8. The van der Waals surface area contributed by atoms with Gasteiger partial charge in [0.2, 0.25) is 5.91 Å². The van der Waals surface area contributed by atoms with E-state index in [-0.39, 0.29) is 35.9 Å². The zero-order chi connectivity index (χ0) is 37.8. The molecule has 2 aromatic heterocycles. The molecule has 3 aliphatic rings. The smallest absolute Gasteiger partial charge is 0.407 e. The topological polar surface area (TPSA) is 175 Å². The van der Waals surface area contributed by atoms with Crippen molar-refractivity contribution in [3.63, 3.8) is 0 Å². The number of fused-ring (bicyclic) bond motifs is 6. The molecule has 5 heterocycles. The van der Waals surface area contributed by atoms with E-state index in [0.29, 0.717) is 37.8 Å². The lowest BCUT2D eigenvalue weighted by atomic mass is 9.92. The second-order valence-corrected chi connectivity index (χ2v) is 15.0. The lowest BCUT2D eigenvalue weighted by Crippen LogP contribution is -2.52. The summed E-state index contributed by atoms with van der Waals surface area (Å²) in [6.45, 7) is 7.15. The molecule has 0 unspecified atom stereocenters. The summed E-state index contributed by atoms with van der Waals surface area (Å²) >= 11 is 0. The van der Waals surface area contributed by atoms with Crippen molar-refractivity contribution in [3.8, 4) is 28.1 Å². The van der Waals surface area contributed by atoms with Crippen LogP contribution >= 0.6 is 0 Å². The number of ether oxygens (including phenoxy) is 3. The fourth-order valence-corrected chi connectivity index (χ4v) is 8.52. The van der Waals surface area contributed by atoms with Gasteiger partial charge >= 0.3 is 12.2 Å². The van der Waals surface area contributed by atoms with Crippen molar-refractivity contribution in [2.24, 2.45) is 11.8 Å². The van der Waals surface area contributed by atoms with Gasteiger partial charge in [-0.05, 0) is 78.4 Å². The number of carbonyl (C=O) groups is 3. The number of nitrogens with one attached hydrogen (secondary N) is 3. The number of aromatic nitrogens is 4. The number of nitrogens with zero attached hydrogens (tertiary/aromatic N) is 4. The van der Waals surface area contributed by atoms with Crippen LogP contribution in [0.2, 0.25) is 0 Å². The number of likely N-dealkylation sites (tertiary alicyclic amines) is 2. The summed E-state index contributed by atoms with van der Waals surface area (Å²) in [5.41, 5.74) is 6.54. The molecule has 3 amide bonds. The van der Waals surface area contributed by atoms with Crippen LogP contribution in [-0.4, -0.2) is 92.4 Å². The molecule has 0 spiro atoms. The second kappa shape index (κ2) is 14.0. The van der Waals surface area contributed by atoms with Crippen LogP contribution in [0.3, 0.4) is 0 Å². The molecule has 8 rings (SSSR count). The fourth-order valence-electron chi connectivity index (χ4n) is 8.52. The zero-order valence-corrected chi connectivity index (χ0v) is 31.0.